The van der Waals surface area contributed by atoms with Gasteiger partial charge in [0.2, 0.25) is 5.75 Å². The van der Waals surface area contributed by atoms with Crippen LogP contribution in [0.3, 0.4) is 0 Å². The van der Waals surface area contributed by atoms with E-state index in [0.717, 1.165) is 10.0 Å². The summed E-state index contributed by atoms with van der Waals surface area (Å²) in [7, 11) is 4.80. The lowest BCUT2D eigenvalue weighted by Gasteiger charge is -2.15. The van der Waals surface area contributed by atoms with Gasteiger partial charge in [0.1, 0.15) is 0 Å². The van der Waals surface area contributed by atoms with E-state index in [1.807, 2.05) is 13.0 Å². The van der Waals surface area contributed by atoms with Crippen LogP contribution in [0.25, 0.3) is 0 Å². The SMILES string of the molecule is COc1cc(Br)c(C)c(OC)c1OC. The molecule has 0 spiro atoms. The molecule has 0 radical (unpaired) electrons. The van der Waals surface area contributed by atoms with Crippen LogP contribution < -0.4 is 14.2 Å². The fourth-order valence-corrected chi connectivity index (χ4v) is 1.66. The van der Waals surface area contributed by atoms with Gasteiger partial charge >= 0.3 is 0 Å². The van der Waals surface area contributed by atoms with Crippen molar-refractivity contribution < 1.29 is 14.2 Å². The first-order valence-electron chi connectivity index (χ1n) is 4.10. The summed E-state index contributed by atoms with van der Waals surface area (Å²) < 4.78 is 16.6. The van der Waals surface area contributed by atoms with E-state index in [-0.39, 0.29) is 0 Å². The van der Waals surface area contributed by atoms with Crippen molar-refractivity contribution in [2.24, 2.45) is 0 Å². The maximum absolute atomic E-state index is 5.26. The molecule has 1 aromatic carbocycles. The largest absolute Gasteiger partial charge is 0.493 e. The van der Waals surface area contributed by atoms with Crippen molar-refractivity contribution in [2.75, 3.05) is 21.3 Å². The highest BCUT2D eigenvalue weighted by Crippen LogP contribution is 2.43. The van der Waals surface area contributed by atoms with E-state index in [4.69, 9.17) is 14.2 Å². The molecule has 0 saturated heterocycles. The Morgan fingerprint density at radius 1 is 1.00 bits per heavy atom. The molecule has 0 aliphatic carbocycles. The minimum Gasteiger partial charge on any atom is -0.493 e. The average Bonchev–Trinajstić information content (AvgIpc) is 2.20. The molecular formula is C10H13BrO3. The van der Waals surface area contributed by atoms with Gasteiger partial charge in [0, 0.05) is 10.0 Å². The summed E-state index contributed by atoms with van der Waals surface area (Å²) in [6.07, 6.45) is 0. The summed E-state index contributed by atoms with van der Waals surface area (Å²) in [5, 5.41) is 0. The highest BCUT2D eigenvalue weighted by Gasteiger charge is 2.16. The normalized spacial score (nSPS) is 9.79. The number of ether oxygens (including phenoxy) is 3. The maximum Gasteiger partial charge on any atom is 0.203 e. The molecule has 0 atom stereocenters. The van der Waals surface area contributed by atoms with E-state index in [9.17, 15) is 0 Å². The molecule has 0 aliphatic rings. The van der Waals surface area contributed by atoms with Gasteiger partial charge in [-0.05, 0) is 13.0 Å². The van der Waals surface area contributed by atoms with Crippen LogP contribution in [0.15, 0.2) is 10.5 Å². The molecule has 0 saturated carbocycles. The fourth-order valence-electron chi connectivity index (χ4n) is 1.27. The summed E-state index contributed by atoms with van der Waals surface area (Å²) in [5.74, 6) is 1.97. The van der Waals surface area contributed by atoms with E-state index in [1.165, 1.54) is 0 Å². The molecule has 1 rings (SSSR count). The van der Waals surface area contributed by atoms with Gasteiger partial charge in [-0.2, -0.15) is 0 Å². The molecule has 1 aromatic rings. The van der Waals surface area contributed by atoms with Crippen molar-refractivity contribution in [2.45, 2.75) is 6.92 Å². The van der Waals surface area contributed by atoms with E-state index in [0.29, 0.717) is 17.2 Å². The molecule has 0 aliphatic heterocycles. The summed E-state index contributed by atoms with van der Waals surface area (Å²) in [6, 6.07) is 1.86. The third-order valence-corrected chi connectivity index (χ3v) is 2.84. The molecule has 0 heterocycles. The zero-order valence-corrected chi connectivity index (χ0v) is 10.3. The van der Waals surface area contributed by atoms with Gasteiger partial charge in [0.05, 0.1) is 21.3 Å². The van der Waals surface area contributed by atoms with Gasteiger partial charge in [0.25, 0.3) is 0 Å². The molecule has 0 unspecified atom stereocenters. The zero-order chi connectivity index (χ0) is 10.7. The molecule has 0 bridgehead atoms. The predicted molar refractivity (Wildman–Crippen MR) is 58.5 cm³/mol. The van der Waals surface area contributed by atoms with Crippen LogP contribution in [0, 0.1) is 6.92 Å². The van der Waals surface area contributed by atoms with Crippen molar-refractivity contribution in [1.29, 1.82) is 0 Å². The van der Waals surface area contributed by atoms with Crippen LogP contribution in [0.2, 0.25) is 0 Å². The van der Waals surface area contributed by atoms with Crippen LogP contribution in [0.4, 0.5) is 0 Å². The Morgan fingerprint density at radius 3 is 2.00 bits per heavy atom. The first-order chi connectivity index (χ1) is 6.65. The van der Waals surface area contributed by atoms with Gasteiger partial charge in [-0.15, -0.1) is 0 Å². The molecule has 0 amide bonds. The standard InChI is InChI=1S/C10H13BrO3/c1-6-7(11)5-8(12-2)10(14-4)9(6)13-3/h5H,1-4H3. The Hall–Kier alpha value is -0.900. The van der Waals surface area contributed by atoms with Gasteiger partial charge in [-0.25, -0.2) is 0 Å². The highest BCUT2D eigenvalue weighted by molar-refractivity contribution is 9.10. The molecular weight excluding hydrogens is 248 g/mol. The number of benzene rings is 1. The van der Waals surface area contributed by atoms with E-state index in [1.54, 1.807) is 21.3 Å². The van der Waals surface area contributed by atoms with Crippen LogP contribution in [0.1, 0.15) is 5.56 Å². The molecule has 4 heteroatoms. The number of rotatable bonds is 3. The minimum atomic E-state index is 0.621. The summed E-state index contributed by atoms with van der Waals surface area (Å²) in [5.41, 5.74) is 0.991. The topological polar surface area (TPSA) is 27.7 Å². The number of hydrogen-bond acceptors (Lipinski definition) is 3. The Labute approximate surface area is 92.1 Å². The van der Waals surface area contributed by atoms with Crippen LogP contribution >= 0.6 is 15.9 Å². The van der Waals surface area contributed by atoms with Crippen LogP contribution in [0.5, 0.6) is 17.2 Å². The lowest BCUT2D eigenvalue weighted by molar-refractivity contribution is 0.322. The predicted octanol–water partition coefficient (Wildman–Crippen LogP) is 2.78. The van der Waals surface area contributed by atoms with Crippen molar-refractivity contribution in [3.05, 3.63) is 16.1 Å². The Kier molecular flexibility index (Phi) is 3.63. The molecule has 78 valence electrons. The zero-order valence-electron chi connectivity index (χ0n) is 8.68. The molecule has 0 fully saturated rings. The van der Waals surface area contributed by atoms with Crippen molar-refractivity contribution >= 4 is 15.9 Å². The van der Waals surface area contributed by atoms with E-state index in [2.05, 4.69) is 15.9 Å². The average molecular weight is 261 g/mol. The fraction of sp³-hybridized carbons (Fsp3) is 0.400. The monoisotopic (exact) mass is 260 g/mol. The first-order valence-corrected chi connectivity index (χ1v) is 4.90. The Morgan fingerprint density at radius 2 is 1.57 bits per heavy atom. The number of methoxy groups -OCH3 is 3. The highest BCUT2D eigenvalue weighted by atomic mass is 79.9. The van der Waals surface area contributed by atoms with Crippen molar-refractivity contribution in [3.63, 3.8) is 0 Å². The first kappa shape index (κ1) is 11.2. The Bertz CT molecular complexity index is 337. The second-order valence-electron chi connectivity index (χ2n) is 2.75. The minimum absolute atomic E-state index is 0.621. The van der Waals surface area contributed by atoms with Gasteiger partial charge in [-0.3, -0.25) is 0 Å². The smallest absolute Gasteiger partial charge is 0.203 e. The van der Waals surface area contributed by atoms with Gasteiger partial charge in [0.15, 0.2) is 11.5 Å². The molecule has 0 N–H and O–H groups in total. The quantitative estimate of drug-likeness (QED) is 0.837. The summed E-state index contributed by atoms with van der Waals surface area (Å²) >= 11 is 3.43. The van der Waals surface area contributed by atoms with Crippen LogP contribution in [-0.4, -0.2) is 21.3 Å². The molecule has 0 aromatic heterocycles. The second-order valence-corrected chi connectivity index (χ2v) is 3.61. The van der Waals surface area contributed by atoms with Crippen molar-refractivity contribution in [1.82, 2.24) is 0 Å². The lowest BCUT2D eigenvalue weighted by Crippen LogP contribution is -1.97. The van der Waals surface area contributed by atoms with E-state index >= 15 is 0 Å². The second kappa shape index (κ2) is 4.55. The molecule has 3 nitrogen and oxygen atoms in total. The van der Waals surface area contributed by atoms with Crippen molar-refractivity contribution in [3.8, 4) is 17.2 Å². The van der Waals surface area contributed by atoms with Crippen LogP contribution in [-0.2, 0) is 0 Å². The third-order valence-electron chi connectivity index (χ3n) is 2.01. The summed E-state index contributed by atoms with van der Waals surface area (Å²) in [4.78, 5) is 0. The molecule has 14 heavy (non-hydrogen) atoms. The third kappa shape index (κ3) is 1.80. The lowest BCUT2D eigenvalue weighted by atomic mass is 10.2. The van der Waals surface area contributed by atoms with Gasteiger partial charge < -0.3 is 14.2 Å². The van der Waals surface area contributed by atoms with Gasteiger partial charge in [-0.1, -0.05) is 15.9 Å². The van der Waals surface area contributed by atoms with E-state index < -0.39 is 0 Å². The Balaban J connectivity index is 3.42. The summed E-state index contributed by atoms with van der Waals surface area (Å²) in [6.45, 7) is 1.95. The number of halogens is 1. The maximum atomic E-state index is 5.26. The number of hydrogen-bond donors (Lipinski definition) is 0.